The van der Waals surface area contributed by atoms with Crippen LogP contribution in [-0.4, -0.2) is 43.8 Å². The summed E-state index contributed by atoms with van der Waals surface area (Å²) in [5.74, 6) is 0.0259. The Bertz CT molecular complexity index is 1700. The van der Waals surface area contributed by atoms with E-state index in [1.165, 1.54) is 0 Å². The molecule has 1 amide bonds. The molecule has 2 aromatic heterocycles. The quantitative estimate of drug-likeness (QED) is 0.233. The summed E-state index contributed by atoms with van der Waals surface area (Å²) in [4.78, 5) is 18.9. The first-order valence-electron chi connectivity index (χ1n) is 14.6. The molecule has 1 N–H and O–H groups in total. The molecule has 1 saturated heterocycles. The van der Waals surface area contributed by atoms with Crippen molar-refractivity contribution in [2.75, 3.05) is 13.1 Å². The Labute approximate surface area is 251 Å². The Morgan fingerprint density at radius 2 is 1.74 bits per heavy atom. The maximum Gasteiger partial charge on any atom is 0.219 e. The van der Waals surface area contributed by atoms with Gasteiger partial charge in [-0.05, 0) is 77.8 Å². The van der Waals surface area contributed by atoms with Crippen LogP contribution in [0.3, 0.4) is 0 Å². The number of halogens is 1. The zero-order chi connectivity index (χ0) is 29.3. The molecule has 0 bridgehead atoms. The van der Waals surface area contributed by atoms with Gasteiger partial charge in [-0.25, -0.2) is 4.68 Å². The van der Waals surface area contributed by atoms with E-state index in [2.05, 4.69) is 36.3 Å². The number of piperidine rings is 1. The van der Waals surface area contributed by atoms with Crippen LogP contribution >= 0.6 is 11.6 Å². The number of nitrogens with zero attached hydrogens (tertiary/aromatic N) is 4. The summed E-state index contributed by atoms with van der Waals surface area (Å²) in [5, 5.41) is 18.4. The molecule has 3 heterocycles. The van der Waals surface area contributed by atoms with Crippen molar-refractivity contribution in [2.24, 2.45) is 5.92 Å². The third-order valence-electron chi connectivity index (χ3n) is 8.71. The number of benzene rings is 3. The molecule has 6 rings (SSSR count). The minimum Gasteiger partial charge on any atom is -0.380 e. The summed E-state index contributed by atoms with van der Waals surface area (Å²) in [5.41, 5.74) is 5.36. The summed E-state index contributed by atoms with van der Waals surface area (Å²) in [6, 6.07) is 26.1. The Morgan fingerprint density at radius 1 is 1.00 bits per heavy atom. The van der Waals surface area contributed by atoms with Crippen molar-refractivity contribution in [3.8, 4) is 5.69 Å². The lowest BCUT2D eigenvalue weighted by atomic mass is 9.71. The van der Waals surface area contributed by atoms with Gasteiger partial charge in [0.25, 0.3) is 0 Å². The third kappa shape index (κ3) is 5.21. The summed E-state index contributed by atoms with van der Waals surface area (Å²) in [7, 11) is 0. The molecule has 0 saturated carbocycles. The van der Waals surface area contributed by atoms with E-state index in [1.54, 1.807) is 13.1 Å². The van der Waals surface area contributed by atoms with E-state index in [-0.39, 0.29) is 11.8 Å². The van der Waals surface area contributed by atoms with Gasteiger partial charge in [0.2, 0.25) is 5.91 Å². The Kier molecular flexibility index (Phi) is 7.84. The third-order valence-corrected chi connectivity index (χ3v) is 9.14. The second-order valence-electron chi connectivity index (χ2n) is 11.1. The fraction of sp³-hybridized carbons (Fsp3) is 0.286. The topological polar surface area (TPSA) is 71.2 Å². The Morgan fingerprint density at radius 3 is 2.38 bits per heavy atom. The van der Waals surface area contributed by atoms with Crippen molar-refractivity contribution in [1.82, 2.24) is 19.7 Å². The van der Waals surface area contributed by atoms with Crippen molar-refractivity contribution < 1.29 is 9.90 Å². The fourth-order valence-corrected chi connectivity index (χ4v) is 6.68. The molecule has 0 aliphatic carbocycles. The first kappa shape index (κ1) is 28.1. The van der Waals surface area contributed by atoms with Gasteiger partial charge in [0.15, 0.2) is 0 Å². The number of likely N-dealkylation sites (tertiary alicyclic amines) is 1. The van der Waals surface area contributed by atoms with Crippen molar-refractivity contribution in [1.29, 1.82) is 0 Å². The van der Waals surface area contributed by atoms with Crippen molar-refractivity contribution in [3.05, 3.63) is 124 Å². The van der Waals surface area contributed by atoms with Crippen molar-refractivity contribution in [2.45, 2.75) is 45.1 Å². The number of aryl methyl sites for hydroxylation is 1. The molecule has 1 atom stereocenters. The van der Waals surface area contributed by atoms with Gasteiger partial charge in [-0.1, -0.05) is 67.1 Å². The lowest BCUT2D eigenvalue weighted by molar-refractivity contribution is -0.131. The highest BCUT2D eigenvalue weighted by molar-refractivity contribution is 6.36. The number of amides is 1. The molecule has 0 spiro atoms. The Balaban J connectivity index is 1.40. The van der Waals surface area contributed by atoms with Crippen LogP contribution in [0.5, 0.6) is 0 Å². The van der Waals surface area contributed by atoms with Crippen LogP contribution < -0.4 is 0 Å². The first-order chi connectivity index (χ1) is 20.4. The predicted molar refractivity (Wildman–Crippen MR) is 167 cm³/mol. The number of aromatic nitrogens is 3. The van der Waals surface area contributed by atoms with Gasteiger partial charge in [0, 0.05) is 49.9 Å². The standard InChI is InChI=1S/C35H35ClN4O2/c1-3-32-30(22-25-10-13-29(14-11-25)40-19-7-18-37-40)34(36)31-23-28(12-15-33(31)38-32)35(42,26-8-5-4-6-9-26)27-16-20-39(21-17-27)24(2)41/h4-15,18-19,23,27,42H,3,16-17,20-22H2,1-2H3. The van der Waals surface area contributed by atoms with Crippen LogP contribution in [0, 0.1) is 5.92 Å². The number of carbonyl (C=O) groups is 1. The van der Waals surface area contributed by atoms with Crippen molar-refractivity contribution >= 4 is 28.4 Å². The number of aliphatic hydroxyl groups is 1. The predicted octanol–water partition coefficient (Wildman–Crippen LogP) is 6.72. The monoisotopic (exact) mass is 578 g/mol. The van der Waals surface area contributed by atoms with Gasteiger partial charge in [0.05, 0.1) is 16.2 Å². The molecule has 1 fully saturated rings. The first-order valence-corrected chi connectivity index (χ1v) is 15.0. The highest BCUT2D eigenvalue weighted by Gasteiger charge is 2.42. The van der Waals surface area contributed by atoms with Gasteiger partial charge < -0.3 is 10.0 Å². The molecule has 214 valence electrons. The van der Waals surface area contributed by atoms with Gasteiger partial charge >= 0.3 is 0 Å². The maximum absolute atomic E-state index is 12.6. The summed E-state index contributed by atoms with van der Waals surface area (Å²) in [6.07, 6.45) is 6.54. The van der Waals surface area contributed by atoms with E-state index in [4.69, 9.17) is 16.6 Å². The molecule has 6 nitrogen and oxygen atoms in total. The molecular weight excluding hydrogens is 544 g/mol. The zero-order valence-electron chi connectivity index (χ0n) is 24.0. The molecule has 0 radical (unpaired) electrons. The molecule has 7 heteroatoms. The summed E-state index contributed by atoms with van der Waals surface area (Å²) >= 11 is 7.22. The number of hydrogen-bond acceptors (Lipinski definition) is 4. The normalized spacial score (nSPS) is 15.6. The largest absolute Gasteiger partial charge is 0.380 e. The van der Waals surface area contributed by atoms with Crippen molar-refractivity contribution in [3.63, 3.8) is 0 Å². The van der Waals surface area contributed by atoms with E-state index in [1.807, 2.05) is 70.4 Å². The molecule has 1 unspecified atom stereocenters. The van der Waals surface area contributed by atoms with Gasteiger partial charge in [-0.15, -0.1) is 0 Å². The summed E-state index contributed by atoms with van der Waals surface area (Å²) < 4.78 is 1.84. The van der Waals surface area contributed by atoms with Crippen LogP contribution in [0.1, 0.15) is 54.6 Å². The minimum atomic E-state index is -1.23. The highest BCUT2D eigenvalue weighted by Crippen LogP contribution is 2.43. The summed E-state index contributed by atoms with van der Waals surface area (Å²) in [6.45, 7) is 4.98. The van der Waals surface area contributed by atoms with E-state index in [0.717, 1.165) is 51.0 Å². The maximum atomic E-state index is 12.6. The fourth-order valence-electron chi connectivity index (χ4n) is 6.36. The van der Waals surface area contributed by atoms with E-state index >= 15 is 0 Å². The lowest BCUT2D eigenvalue weighted by Gasteiger charge is -2.42. The Hall–Kier alpha value is -4.00. The molecule has 1 aliphatic heterocycles. The highest BCUT2D eigenvalue weighted by atomic mass is 35.5. The van der Waals surface area contributed by atoms with Crippen LogP contribution in [-0.2, 0) is 23.2 Å². The average Bonchev–Trinajstić information content (AvgIpc) is 3.58. The smallest absolute Gasteiger partial charge is 0.219 e. The van der Waals surface area contributed by atoms with Crippen LogP contribution in [0.25, 0.3) is 16.6 Å². The second kappa shape index (κ2) is 11.7. The SMILES string of the molecule is CCc1nc2ccc(C(O)(c3ccccc3)C3CCN(C(C)=O)CC3)cc2c(Cl)c1Cc1ccc(-n2cccn2)cc1. The van der Waals surface area contributed by atoms with Crippen LogP contribution in [0.2, 0.25) is 5.02 Å². The van der Waals surface area contributed by atoms with Crippen LogP contribution in [0.15, 0.2) is 91.3 Å². The average molecular weight is 579 g/mol. The molecular formula is C35H35ClN4O2. The number of rotatable bonds is 7. The second-order valence-corrected chi connectivity index (χ2v) is 11.5. The number of hydrogen-bond donors (Lipinski definition) is 1. The van der Waals surface area contributed by atoms with E-state index in [0.29, 0.717) is 37.4 Å². The molecule has 42 heavy (non-hydrogen) atoms. The lowest BCUT2D eigenvalue weighted by Crippen LogP contribution is -2.45. The number of fused-ring (bicyclic) bond motifs is 1. The number of carbonyl (C=O) groups excluding carboxylic acids is 1. The van der Waals surface area contributed by atoms with Gasteiger partial charge in [-0.2, -0.15) is 5.10 Å². The van der Waals surface area contributed by atoms with Gasteiger partial charge in [-0.3, -0.25) is 9.78 Å². The molecule has 3 aromatic carbocycles. The van der Waals surface area contributed by atoms with E-state index < -0.39 is 5.60 Å². The van der Waals surface area contributed by atoms with Crippen LogP contribution in [0.4, 0.5) is 0 Å². The molecule has 5 aromatic rings. The minimum absolute atomic E-state index is 0.0534. The number of pyridine rings is 1. The van der Waals surface area contributed by atoms with Gasteiger partial charge in [0.1, 0.15) is 5.60 Å². The molecule has 1 aliphatic rings. The van der Waals surface area contributed by atoms with E-state index in [9.17, 15) is 9.90 Å². The zero-order valence-corrected chi connectivity index (χ0v) is 24.8.